The molecule has 1 heterocycles. The summed E-state index contributed by atoms with van der Waals surface area (Å²) in [4.78, 5) is 13.8. The number of benzene rings is 2. The minimum atomic E-state index is -2.23. The topological polar surface area (TPSA) is 20.3 Å². The number of halogens is 5. The summed E-state index contributed by atoms with van der Waals surface area (Å²) in [6.07, 6.45) is 0.502. The van der Waals surface area contributed by atoms with E-state index < -0.39 is 47.0 Å². The van der Waals surface area contributed by atoms with Crippen LogP contribution in [-0.4, -0.2) is 12.5 Å². The Labute approximate surface area is 140 Å². The molecule has 0 aromatic heterocycles. The van der Waals surface area contributed by atoms with Crippen molar-refractivity contribution < 1.29 is 26.7 Å². The van der Waals surface area contributed by atoms with Gasteiger partial charge in [-0.25, -0.2) is 22.0 Å². The maximum Gasteiger partial charge on any atom is 0.231 e. The van der Waals surface area contributed by atoms with Gasteiger partial charge in [0.1, 0.15) is 0 Å². The van der Waals surface area contributed by atoms with E-state index in [0.717, 1.165) is 17.5 Å². The SMILES string of the molecule is Cc1ccc2c(c1)CCCN2C(=O)Cc1c(F)c(F)c(F)c(F)c1F. The molecule has 2 aromatic carbocycles. The van der Waals surface area contributed by atoms with Crippen LogP contribution >= 0.6 is 0 Å². The van der Waals surface area contributed by atoms with Crippen LogP contribution in [0.1, 0.15) is 23.1 Å². The molecule has 132 valence electrons. The number of aryl methyl sites for hydroxylation is 2. The van der Waals surface area contributed by atoms with Gasteiger partial charge < -0.3 is 4.90 Å². The van der Waals surface area contributed by atoms with Crippen LogP contribution in [-0.2, 0) is 17.6 Å². The van der Waals surface area contributed by atoms with Gasteiger partial charge in [0, 0.05) is 17.8 Å². The summed E-state index contributed by atoms with van der Waals surface area (Å²) in [5.41, 5.74) is 1.41. The van der Waals surface area contributed by atoms with Crippen LogP contribution in [0, 0.1) is 36.0 Å². The largest absolute Gasteiger partial charge is 0.312 e. The molecule has 0 atom stereocenters. The van der Waals surface area contributed by atoms with E-state index in [1.807, 2.05) is 13.0 Å². The zero-order chi connectivity index (χ0) is 18.3. The minimum Gasteiger partial charge on any atom is -0.312 e. The van der Waals surface area contributed by atoms with Gasteiger partial charge in [-0.1, -0.05) is 17.7 Å². The van der Waals surface area contributed by atoms with Gasteiger partial charge in [-0.05, 0) is 31.4 Å². The Hall–Kier alpha value is -2.44. The molecular weight excluding hydrogens is 341 g/mol. The van der Waals surface area contributed by atoms with Gasteiger partial charge in [-0.3, -0.25) is 4.79 Å². The van der Waals surface area contributed by atoms with E-state index in [1.54, 1.807) is 12.1 Å². The van der Waals surface area contributed by atoms with Crippen LogP contribution in [0.5, 0.6) is 0 Å². The molecular formula is C18H14F5NO. The number of amides is 1. The molecule has 0 fully saturated rings. The van der Waals surface area contributed by atoms with Crippen LogP contribution in [0.15, 0.2) is 18.2 Å². The lowest BCUT2D eigenvalue weighted by Gasteiger charge is -2.30. The van der Waals surface area contributed by atoms with Crippen LogP contribution in [0.2, 0.25) is 0 Å². The highest BCUT2D eigenvalue weighted by atomic mass is 19.2. The fraction of sp³-hybridized carbons (Fsp3) is 0.278. The van der Waals surface area contributed by atoms with Crippen molar-refractivity contribution in [3.63, 3.8) is 0 Å². The molecule has 3 rings (SSSR count). The Morgan fingerprint density at radius 1 is 1.00 bits per heavy atom. The van der Waals surface area contributed by atoms with Crippen molar-refractivity contribution in [2.24, 2.45) is 0 Å². The highest BCUT2D eigenvalue weighted by Gasteiger charge is 2.29. The van der Waals surface area contributed by atoms with Crippen molar-refractivity contribution in [3.8, 4) is 0 Å². The molecule has 0 bridgehead atoms. The third-order valence-electron chi connectivity index (χ3n) is 4.28. The van der Waals surface area contributed by atoms with Crippen molar-refractivity contribution in [1.29, 1.82) is 0 Å². The van der Waals surface area contributed by atoms with E-state index in [4.69, 9.17) is 0 Å². The number of nitrogens with zero attached hydrogens (tertiary/aromatic N) is 1. The number of carbonyl (C=O) groups is 1. The molecule has 0 unspecified atom stereocenters. The number of carbonyl (C=O) groups excluding carboxylic acids is 1. The number of hydrogen-bond donors (Lipinski definition) is 0. The van der Waals surface area contributed by atoms with Crippen molar-refractivity contribution in [3.05, 3.63) is 64.0 Å². The van der Waals surface area contributed by atoms with E-state index >= 15 is 0 Å². The maximum atomic E-state index is 13.8. The molecule has 25 heavy (non-hydrogen) atoms. The predicted octanol–water partition coefficient (Wildman–Crippen LogP) is 4.21. The quantitative estimate of drug-likeness (QED) is 0.449. The maximum absolute atomic E-state index is 13.8. The molecule has 0 spiro atoms. The van der Waals surface area contributed by atoms with Crippen molar-refractivity contribution in [1.82, 2.24) is 0 Å². The summed E-state index contributed by atoms with van der Waals surface area (Å²) < 4.78 is 67.3. The average Bonchev–Trinajstić information content (AvgIpc) is 2.61. The molecule has 1 amide bonds. The Balaban J connectivity index is 1.95. The molecule has 0 aliphatic carbocycles. The lowest BCUT2D eigenvalue weighted by molar-refractivity contribution is -0.118. The van der Waals surface area contributed by atoms with Crippen molar-refractivity contribution in [2.45, 2.75) is 26.2 Å². The first kappa shape index (κ1) is 17.4. The summed E-state index contributed by atoms with van der Waals surface area (Å²) in [6.45, 7) is 2.22. The van der Waals surface area contributed by atoms with Crippen LogP contribution < -0.4 is 4.90 Å². The number of anilines is 1. The molecule has 2 aromatic rings. The molecule has 0 N–H and O–H groups in total. The van der Waals surface area contributed by atoms with E-state index in [0.29, 0.717) is 18.7 Å². The van der Waals surface area contributed by atoms with Gasteiger partial charge in [0.05, 0.1) is 6.42 Å². The third-order valence-corrected chi connectivity index (χ3v) is 4.28. The van der Waals surface area contributed by atoms with Crippen molar-refractivity contribution >= 4 is 11.6 Å². The Bertz CT molecular complexity index is 836. The monoisotopic (exact) mass is 355 g/mol. The second-order valence-corrected chi connectivity index (χ2v) is 6.01. The standard InChI is InChI=1S/C18H14F5NO/c1-9-4-5-12-10(7-9)3-2-6-24(12)13(25)8-11-14(19)16(21)18(23)17(22)15(11)20/h4-5,7H,2-3,6,8H2,1H3. The first-order valence-corrected chi connectivity index (χ1v) is 7.71. The van der Waals surface area contributed by atoms with Gasteiger partial charge >= 0.3 is 0 Å². The van der Waals surface area contributed by atoms with Gasteiger partial charge in [-0.15, -0.1) is 0 Å². The van der Waals surface area contributed by atoms with Gasteiger partial charge in [-0.2, -0.15) is 0 Å². The third kappa shape index (κ3) is 2.99. The number of fused-ring (bicyclic) bond motifs is 1. The first-order valence-electron chi connectivity index (χ1n) is 7.71. The minimum absolute atomic E-state index is 0.324. The predicted molar refractivity (Wildman–Crippen MR) is 81.8 cm³/mol. The van der Waals surface area contributed by atoms with Gasteiger partial charge in [0.2, 0.25) is 11.7 Å². The summed E-state index contributed by atoms with van der Waals surface area (Å²) >= 11 is 0. The van der Waals surface area contributed by atoms with Crippen LogP contribution in [0.3, 0.4) is 0 Å². The van der Waals surface area contributed by atoms with E-state index in [-0.39, 0.29) is 0 Å². The average molecular weight is 355 g/mol. The number of hydrogen-bond acceptors (Lipinski definition) is 1. The van der Waals surface area contributed by atoms with Gasteiger partial charge in [0.15, 0.2) is 23.3 Å². The normalized spacial score (nSPS) is 13.8. The Morgan fingerprint density at radius 3 is 2.24 bits per heavy atom. The highest BCUT2D eigenvalue weighted by molar-refractivity contribution is 5.96. The molecule has 2 nitrogen and oxygen atoms in total. The molecule has 0 saturated carbocycles. The zero-order valence-corrected chi connectivity index (χ0v) is 13.3. The van der Waals surface area contributed by atoms with E-state index in [1.165, 1.54) is 4.90 Å². The summed E-state index contributed by atoms with van der Waals surface area (Å²) in [7, 11) is 0. The van der Waals surface area contributed by atoms with Gasteiger partial charge in [0.25, 0.3) is 0 Å². The molecule has 1 aliphatic heterocycles. The van der Waals surface area contributed by atoms with E-state index in [2.05, 4.69) is 0 Å². The zero-order valence-electron chi connectivity index (χ0n) is 13.3. The second-order valence-electron chi connectivity index (χ2n) is 6.01. The molecule has 0 radical (unpaired) electrons. The van der Waals surface area contributed by atoms with Crippen LogP contribution in [0.4, 0.5) is 27.6 Å². The highest BCUT2D eigenvalue weighted by Crippen LogP contribution is 2.30. The summed E-state index contributed by atoms with van der Waals surface area (Å²) in [6, 6.07) is 5.43. The fourth-order valence-electron chi connectivity index (χ4n) is 3.04. The lowest BCUT2D eigenvalue weighted by Crippen LogP contribution is -2.37. The Kier molecular flexibility index (Phi) is 4.49. The Morgan fingerprint density at radius 2 is 1.60 bits per heavy atom. The van der Waals surface area contributed by atoms with Crippen LogP contribution in [0.25, 0.3) is 0 Å². The molecule has 7 heteroatoms. The number of rotatable bonds is 2. The first-order chi connectivity index (χ1) is 11.8. The molecule has 0 saturated heterocycles. The van der Waals surface area contributed by atoms with Crippen molar-refractivity contribution in [2.75, 3.05) is 11.4 Å². The summed E-state index contributed by atoms with van der Waals surface area (Å²) in [5.74, 6) is -11.0. The smallest absolute Gasteiger partial charge is 0.231 e. The summed E-state index contributed by atoms with van der Waals surface area (Å²) in [5, 5.41) is 0. The fourth-order valence-corrected chi connectivity index (χ4v) is 3.04. The lowest BCUT2D eigenvalue weighted by atomic mass is 9.98. The second kappa shape index (κ2) is 6.46. The molecule has 1 aliphatic rings. The van der Waals surface area contributed by atoms with E-state index in [9.17, 15) is 26.7 Å².